The van der Waals surface area contributed by atoms with Crippen molar-refractivity contribution in [3.8, 4) is 0 Å². The minimum atomic E-state index is -0.322. The molecule has 0 saturated heterocycles. The van der Waals surface area contributed by atoms with Crippen LogP contribution in [0.4, 0.5) is 10.1 Å². The van der Waals surface area contributed by atoms with Gasteiger partial charge in [-0.25, -0.2) is 4.39 Å². The van der Waals surface area contributed by atoms with E-state index < -0.39 is 0 Å². The fraction of sp³-hybridized carbons (Fsp3) is 0.500. The van der Waals surface area contributed by atoms with Gasteiger partial charge in [-0.1, -0.05) is 13.8 Å². The van der Waals surface area contributed by atoms with E-state index in [0.29, 0.717) is 17.2 Å². The second-order valence-electron chi connectivity index (χ2n) is 5.22. The molecule has 0 radical (unpaired) electrons. The van der Waals surface area contributed by atoms with Crippen LogP contribution >= 0.6 is 0 Å². The Balaban J connectivity index is 3.09. The standard InChI is InChI=1S/C14H22FN3/c1-9(2)8-18(10(3)4)13-6-5-11(14(16)17)7-12(13)15/h5-7,9-10H,8H2,1-4H3,(H3,16,17). The zero-order valence-electron chi connectivity index (χ0n) is 11.5. The molecule has 0 aromatic heterocycles. The van der Waals surface area contributed by atoms with Crippen LogP contribution in [0.5, 0.6) is 0 Å². The third kappa shape index (κ3) is 3.45. The number of nitrogens with zero attached hydrogens (tertiary/aromatic N) is 1. The predicted octanol–water partition coefficient (Wildman–Crippen LogP) is 2.98. The first-order valence-electron chi connectivity index (χ1n) is 6.23. The van der Waals surface area contributed by atoms with Gasteiger partial charge < -0.3 is 10.6 Å². The number of rotatable bonds is 5. The third-order valence-electron chi connectivity index (χ3n) is 2.75. The summed E-state index contributed by atoms with van der Waals surface area (Å²) in [5.41, 5.74) is 6.35. The van der Waals surface area contributed by atoms with Crippen molar-refractivity contribution < 1.29 is 4.39 Å². The topological polar surface area (TPSA) is 53.1 Å². The zero-order valence-corrected chi connectivity index (χ0v) is 11.5. The van der Waals surface area contributed by atoms with Gasteiger partial charge in [0.1, 0.15) is 11.7 Å². The average molecular weight is 251 g/mol. The molecule has 0 amide bonds. The Morgan fingerprint density at radius 1 is 1.33 bits per heavy atom. The molecule has 100 valence electrons. The lowest BCUT2D eigenvalue weighted by Crippen LogP contribution is -2.34. The Morgan fingerprint density at radius 2 is 1.94 bits per heavy atom. The van der Waals surface area contributed by atoms with Crippen molar-refractivity contribution in [2.45, 2.75) is 33.7 Å². The number of nitrogens with one attached hydrogen (secondary N) is 1. The van der Waals surface area contributed by atoms with Gasteiger partial charge >= 0.3 is 0 Å². The maximum absolute atomic E-state index is 14.1. The number of benzene rings is 1. The Bertz CT molecular complexity index is 427. The Morgan fingerprint density at radius 3 is 2.33 bits per heavy atom. The van der Waals surface area contributed by atoms with Crippen molar-refractivity contribution in [3.63, 3.8) is 0 Å². The van der Waals surface area contributed by atoms with Crippen molar-refractivity contribution in [2.24, 2.45) is 11.7 Å². The predicted molar refractivity (Wildman–Crippen MR) is 74.7 cm³/mol. The summed E-state index contributed by atoms with van der Waals surface area (Å²) >= 11 is 0. The maximum Gasteiger partial charge on any atom is 0.147 e. The molecule has 0 unspecified atom stereocenters. The molecular weight excluding hydrogens is 229 g/mol. The summed E-state index contributed by atoms with van der Waals surface area (Å²) in [6.45, 7) is 9.10. The molecule has 1 rings (SSSR count). The van der Waals surface area contributed by atoms with Gasteiger partial charge in [0.05, 0.1) is 5.69 Å². The van der Waals surface area contributed by atoms with Crippen LogP contribution < -0.4 is 10.6 Å². The minimum Gasteiger partial charge on any atom is -0.384 e. The van der Waals surface area contributed by atoms with Gasteiger partial charge in [-0.2, -0.15) is 0 Å². The SMILES string of the molecule is CC(C)CN(c1ccc(C(=N)N)cc1F)C(C)C. The van der Waals surface area contributed by atoms with Gasteiger partial charge in [-0.05, 0) is 38.0 Å². The van der Waals surface area contributed by atoms with Crippen LogP contribution in [0.3, 0.4) is 0 Å². The highest BCUT2D eigenvalue weighted by Crippen LogP contribution is 2.23. The summed E-state index contributed by atoms with van der Waals surface area (Å²) in [7, 11) is 0. The van der Waals surface area contributed by atoms with Gasteiger partial charge in [0.2, 0.25) is 0 Å². The van der Waals surface area contributed by atoms with E-state index in [4.69, 9.17) is 11.1 Å². The number of halogens is 1. The fourth-order valence-electron chi connectivity index (χ4n) is 1.89. The molecule has 3 N–H and O–H groups in total. The summed E-state index contributed by atoms with van der Waals surface area (Å²) in [4.78, 5) is 2.03. The number of amidine groups is 1. The van der Waals surface area contributed by atoms with Crippen LogP contribution in [0.25, 0.3) is 0 Å². The minimum absolute atomic E-state index is 0.111. The summed E-state index contributed by atoms with van der Waals surface area (Å²) in [5, 5.41) is 7.30. The lowest BCUT2D eigenvalue weighted by molar-refractivity contribution is 0.549. The number of nitrogens with two attached hydrogens (primary N) is 1. The van der Waals surface area contributed by atoms with Crippen LogP contribution in [0, 0.1) is 17.1 Å². The molecule has 0 atom stereocenters. The molecule has 1 aromatic rings. The fourth-order valence-corrected chi connectivity index (χ4v) is 1.89. The molecule has 0 saturated carbocycles. The first-order chi connectivity index (χ1) is 8.32. The van der Waals surface area contributed by atoms with Crippen LogP contribution in [0.1, 0.15) is 33.3 Å². The molecule has 0 fully saturated rings. The molecule has 0 aliphatic carbocycles. The molecule has 0 heterocycles. The normalized spacial score (nSPS) is 11.1. The molecule has 4 heteroatoms. The van der Waals surface area contributed by atoms with Gasteiger partial charge in [-0.15, -0.1) is 0 Å². The van der Waals surface area contributed by atoms with E-state index in [1.165, 1.54) is 6.07 Å². The average Bonchev–Trinajstić information content (AvgIpc) is 2.25. The van der Waals surface area contributed by atoms with E-state index in [-0.39, 0.29) is 17.7 Å². The van der Waals surface area contributed by atoms with Crippen LogP contribution in [0.15, 0.2) is 18.2 Å². The summed E-state index contributed by atoms with van der Waals surface area (Å²) in [5.74, 6) is 0.0248. The molecule has 3 nitrogen and oxygen atoms in total. The van der Waals surface area contributed by atoms with Crippen molar-refractivity contribution in [1.29, 1.82) is 5.41 Å². The van der Waals surface area contributed by atoms with Crippen LogP contribution in [-0.4, -0.2) is 18.4 Å². The molecular formula is C14H22FN3. The van der Waals surface area contributed by atoms with Crippen molar-refractivity contribution in [3.05, 3.63) is 29.6 Å². The zero-order chi connectivity index (χ0) is 13.9. The number of hydrogen-bond acceptors (Lipinski definition) is 2. The number of nitrogen functional groups attached to an aromatic ring is 1. The van der Waals surface area contributed by atoms with E-state index in [1.807, 2.05) is 18.7 Å². The first kappa shape index (κ1) is 14.5. The second kappa shape index (κ2) is 5.85. The molecule has 0 aliphatic rings. The Labute approximate surface area is 108 Å². The highest BCUT2D eigenvalue weighted by Gasteiger charge is 2.16. The van der Waals surface area contributed by atoms with Crippen molar-refractivity contribution in [2.75, 3.05) is 11.4 Å². The second-order valence-corrected chi connectivity index (χ2v) is 5.22. The van der Waals surface area contributed by atoms with Crippen molar-refractivity contribution >= 4 is 11.5 Å². The summed E-state index contributed by atoms with van der Waals surface area (Å²) in [6, 6.07) is 4.95. The molecule has 0 spiro atoms. The molecule has 18 heavy (non-hydrogen) atoms. The van der Waals surface area contributed by atoms with E-state index in [1.54, 1.807) is 12.1 Å². The van der Waals surface area contributed by atoms with Gasteiger partial charge in [0.15, 0.2) is 0 Å². The first-order valence-corrected chi connectivity index (χ1v) is 6.23. The Kier molecular flexibility index (Phi) is 4.70. The van der Waals surface area contributed by atoms with Crippen molar-refractivity contribution in [1.82, 2.24) is 0 Å². The number of hydrogen-bond donors (Lipinski definition) is 2. The van der Waals surface area contributed by atoms with Gasteiger partial charge in [0, 0.05) is 18.2 Å². The lowest BCUT2D eigenvalue weighted by atomic mass is 10.1. The number of anilines is 1. The molecule has 0 aliphatic heterocycles. The highest BCUT2D eigenvalue weighted by molar-refractivity contribution is 5.95. The molecule has 0 bridgehead atoms. The van der Waals surface area contributed by atoms with Crippen LogP contribution in [0.2, 0.25) is 0 Å². The van der Waals surface area contributed by atoms with E-state index >= 15 is 0 Å². The summed E-state index contributed by atoms with van der Waals surface area (Å²) < 4.78 is 14.1. The van der Waals surface area contributed by atoms with Crippen LogP contribution in [-0.2, 0) is 0 Å². The van der Waals surface area contributed by atoms with E-state index in [9.17, 15) is 4.39 Å². The quantitative estimate of drug-likeness (QED) is 0.624. The van der Waals surface area contributed by atoms with E-state index in [0.717, 1.165) is 6.54 Å². The third-order valence-corrected chi connectivity index (χ3v) is 2.75. The monoisotopic (exact) mass is 251 g/mol. The van der Waals surface area contributed by atoms with Gasteiger partial charge in [0.25, 0.3) is 0 Å². The maximum atomic E-state index is 14.1. The van der Waals surface area contributed by atoms with Gasteiger partial charge in [-0.3, -0.25) is 5.41 Å². The summed E-state index contributed by atoms with van der Waals surface area (Å²) in [6.07, 6.45) is 0. The lowest BCUT2D eigenvalue weighted by Gasteiger charge is -2.31. The molecule has 1 aromatic carbocycles. The Hall–Kier alpha value is -1.58. The largest absolute Gasteiger partial charge is 0.384 e. The highest BCUT2D eigenvalue weighted by atomic mass is 19.1. The van der Waals surface area contributed by atoms with E-state index in [2.05, 4.69) is 13.8 Å². The smallest absolute Gasteiger partial charge is 0.147 e.